The zero-order valence-corrected chi connectivity index (χ0v) is 39.8. The van der Waals surface area contributed by atoms with Crippen molar-refractivity contribution in [2.75, 3.05) is 19.8 Å². The predicted molar refractivity (Wildman–Crippen MR) is 249 cm³/mol. The van der Waals surface area contributed by atoms with Gasteiger partial charge in [-0.1, -0.05) is 167 Å². The van der Waals surface area contributed by atoms with Crippen LogP contribution < -0.4 is 5.32 Å². The molecule has 12 unspecified atom stereocenters. The molecule has 0 aliphatic carbocycles. The molecule has 2 heterocycles. The summed E-state index contributed by atoms with van der Waals surface area (Å²) in [4.78, 5) is 13.2. The second-order valence-corrected chi connectivity index (χ2v) is 18.3. The third-order valence-corrected chi connectivity index (χ3v) is 12.7. The lowest BCUT2D eigenvalue weighted by molar-refractivity contribution is -0.359. The maximum absolute atomic E-state index is 13.2. The topological polar surface area (TPSA) is 228 Å². The van der Waals surface area contributed by atoms with E-state index in [4.69, 9.17) is 18.9 Å². The van der Waals surface area contributed by atoms with Gasteiger partial charge in [0.25, 0.3) is 0 Å². The maximum Gasteiger partial charge on any atom is 0.220 e. The van der Waals surface area contributed by atoms with E-state index in [0.29, 0.717) is 12.8 Å². The Balaban J connectivity index is 1.84. The van der Waals surface area contributed by atoms with Crippen LogP contribution in [0.3, 0.4) is 0 Å². The predicted octanol–water partition coefficient (Wildman–Crippen LogP) is 6.55. The van der Waals surface area contributed by atoms with E-state index in [0.717, 1.165) is 70.6 Å². The molecule has 14 heteroatoms. The third-order valence-electron chi connectivity index (χ3n) is 12.7. The molecule has 0 aromatic heterocycles. The largest absolute Gasteiger partial charge is 0.394 e. The minimum atomic E-state index is -1.78. The molecule has 0 aromatic carbocycles. The molecule has 0 spiro atoms. The van der Waals surface area contributed by atoms with Gasteiger partial charge in [0.2, 0.25) is 5.91 Å². The minimum Gasteiger partial charge on any atom is -0.394 e. The summed E-state index contributed by atoms with van der Waals surface area (Å²) in [6.45, 7) is 2.81. The van der Waals surface area contributed by atoms with Crippen molar-refractivity contribution in [2.24, 2.45) is 0 Å². The van der Waals surface area contributed by atoms with Crippen molar-refractivity contribution in [3.05, 3.63) is 24.3 Å². The summed E-state index contributed by atoms with van der Waals surface area (Å²) in [6.07, 6.45) is 23.1. The first-order valence-electron chi connectivity index (χ1n) is 25.6. The van der Waals surface area contributed by atoms with Crippen LogP contribution >= 0.6 is 0 Å². The van der Waals surface area contributed by atoms with Crippen LogP contribution in [0.5, 0.6) is 0 Å². The molecule has 0 aromatic rings. The molecule has 14 nitrogen and oxygen atoms in total. The third kappa shape index (κ3) is 24.5. The highest BCUT2D eigenvalue weighted by Crippen LogP contribution is 2.30. The second-order valence-electron chi connectivity index (χ2n) is 18.3. The number of ether oxygens (including phenoxy) is 4. The fraction of sp³-hybridized carbons (Fsp3) is 0.900. The summed E-state index contributed by atoms with van der Waals surface area (Å²) in [7, 11) is 0. The Morgan fingerprint density at radius 1 is 0.562 bits per heavy atom. The molecule has 12 atom stereocenters. The first-order chi connectivity index (χ1) is 31.1. The second kappa shape index (κ2) is 37.5. The number of carbonyl (C=O) groups excluding carboxylic acids is 1. The van der Waals surface area contributed by atoms with Gasteiger partial charge in [0.05, 0.1) is 32.0 Å². The van der Waals surface area contributed by atoms with Crippen LogP contribution in [0.1, 0.15) is 194 Å². The van der Waals surface area contributed by atoms with Crippen molar-refractivity contribution in [3.63, 3.8) is 0 Å². The van der Waals surface area contributed by atoms with Crippen LogP contribution in [0.25, 0.3) is 0 Å². The van der Waals surface area contributed by atoms with Crippen LogP contribution in [-0.4, -0.2) is 140 Å². The quantitative estimate of drug-likeness (QED) is 0.0236. The Labute approximate surface area is 386 Å². The van der Waals surface area contributed by atoms with E-state index in [1.807, 2.05) is 0 Å². The van der Waals surface area contributed by atoms with Crippen molar-refractivity contribution in [1.82, 2.24) is 5.32 Å². The van der Waals surface area contributed by atoms with Crippen molar-refractivity contribution < 1.29 is 64.6 Å². The minimum absolute atomic E-state index is 0.221. The van der Waals surface area contributed by atoms with Crippen LogP contribution in [0.15, 0.2) is 24.3 Å². The SMILES string of the molecule is CCCCC/C=C\C/C=C\CCCCCCCC(=O)NC(COC1OC(CO)C(OC2OC(CO)C(O)C(O)C2O)C(O)C1O)C(O)CCCCCCCCCCCCCCCCC. The number of hydrogen-bond donors (Lipinski definition) is 9. The summed E-state index contributed by atoms with van der Waals surface area (Å²) in [5.74, 6) is -0.221. The molecule has 0 radical (unpaired) electrons. The number of carbonyl (C=O) groups is 1. The Morgan fingerprint density at radius 3 is 1.59 bits per heavy atom. The van der Waals surface area contributed by atoms with E-state index in [1.54, 1.807) is 0 Å². The fourth-order valence-corrected chi connectivity index (χ4v) is 8.44. The van der Waals surface area contributed by atoms with Gasteiger partial charge in [0, 0.05) is 6.42 Å². The van der Waals surface area contributed by atoms with E-state index >= 15 is 0 Å². The lowest BCUT2D eigenvalue weighted by atomic mass is 9.97. The molecule has 0 bridgehead atoms. The fourth-order valence-electron chi connectivity index (χ4n) is 8.44. The highest BCUT2D eigenvalue weighted by molar-refractivity contribution is 5.76. The normalized spacial score (nSPS) is 27.4. The molecule has 2 fully saturated rings. The zero-order valence-electron chi connectivity index (χ0n) is 39.8. The van der Waals surface area contributed by atoms with Crippen LogP contribution in [-0.2, 0) is 23.7 Å². The number of aliphatic hydroxyl groups excluding tert-OH is 8. The van der Waals surface area contributed by atoms with E-state index in [2.05, 4.69) is 43.5 Å². The summed E-state index contributed by atoms with van der Waals surface area (Å²) < 4.78 is 22.7. The van der Waals surface area contributed by atoms with Crippen molar-refractivity contribution in [3.8, 4) is 0 Å². The summed E-state index contributed by atoms with van der Waals surface area (Å²) in [6, 6.07) is -0.833. The Bertz CT molecular complexity index is 1170. The molecule has 2 aliphatic rings. The van der Waals surface area contributed by atoms with Gasteiger partial charge < -0.3 is 65.1 Å². The number of aliphatic hydroxyl groups is 8. The molecule has 2 saturated heterocycles. The molecule has 2 aliphatic heterocycles. The van der Waals surface area contributed by atoms with Gasteiger partial charge in [-0.15, -0.1) is 0 Å². The van der Waals surface area contributed by atoms with Gasteiger partial charge in [0.15, 0.2) is 12.6 Å². The molecular weight excluding hydrogens is 823 g/mol. The molecule has 9 N–H and O–H groups in total. The van der Waals surface area contributed by atoms with Crippen LogP contribution in [0, 0.1) is 0 Å². The summed E-state index contributed by atoms with van der Waals surface area (Å²) >= 11 is 0. The Hall–Kier alpha value is -1.53. The number of nitrogens with one attached hydrogen (secondary N) is 1. The Kier molecular flexibility index (Phi) is 34.3. The molecule has 0 saturated carbocycles. The standard InChI is InChI=1S/C50H93NO13/c1-3-5-7-9-11-13-15-17-19-21-23-25-27-29-31-33-39(54)38(51-42(55)34-32-30-28-26-24-22-20-18-16-14-12-10-8-6-4-2)37-61-49-47(60)45(58)48(41(36-53)63-49)64-50-46(59)44(57)43(56)40(35-52)62-50/h12,14,18,20,38-41,43-50,52-54,56-60H,3-11,13,15-17,19,21-37H2,1-2H3,(H,51,55)/b14-12-,20-18-. The number of amides is 1. The van der Waals surface area contributed by atoms with E-state index < -0.39 is 86.8 Å². The van der Waals surface area contributed by atoms with Gasteiger partial charge in [-0.3, -0.25) is 4.79 Å². The molecule has 2 rings (SSSR count). The molecular formula is C50H93NO13. The lowest BCUT2D eigenvalue weighted by Gasteiger charge is -2.46. The monoisotopic (exact) mass is 916 g/mol. The number of rotatable bonds is 39. The summed E-state index contributed by atoms with van der Waals surface area (Å²) in [5.41, 5.74) is 0. The van der Waals surface area contributed by atoms with Crippen LogP contribution in [0.2, 0.25) is 0 Å². The average Bonchev–Trinajstić information content (AvgIpc) is 3.29. The first kappa shape index (κ1) is 58.6. The molecule has 376 valence electrons. The van der Waals surface area contributed by atoms with Crippen molar-refractivity contribution in [2.45, 2.75) is 267 Å². The van der Waals surface area contributed by atoms with Gasteiger partial charge in [-0.25, -0.2) is 0 Å². The molecule has 1 amide bonds. The summed E-state index contributed by atoms with van der Waals surface area (Å²) in [5, 5.41) is 86.9. The van der Waals surface area contributed by atoms with E-state index in [-0.39, 0.29) is 18.9 Å². The first-order valence-corrected chi connectivity index (χ1v) is 25.6. The lowest BCUT2D eigenvalue weighted by Crippen LogP contribution is -2.65. The molecule has 64 heavy (non-hydrogen) atoms. The highest BCUT2D eigenvalue weighted by atomic mass is 16.7. The van der Waals surface area contributed by atoms with Gasteiger partial charge >= 0.3 is 0 Å². The average molecular weight is 916 g/mol. The number of unbranched alkanes of at least 4 members (excludes halogenated alkanes) is 22. The van der Waals surface area contributed by atoms with E-state index in [1.165, 1.54) is 89.9 Å². The highest BCUT2D eigenvalue weighted by Gasteiger charge is 2.51. The van der Waals surface area contributed by atoms with Crippen molar-refractivity contribution >= 4 is 5.91 Å². The van der Waals surface area contributed by atoms with Gasteiger partial charge in [-0.2, -0.15) is 0 Å². The van der Waals surface area contributed by atoms with Crippen LogP contribution in [0.4, 0.5) is 0 Å². The number of hydrogen-bond acceptors (Lipinski definition) is 13. The zero-order chi connectivity index (χ0) is 46.8. The van der Waals surface area contributed by atoms with Gasteiger partial charge in [-0.05, 0) is 44.9 Å². The van der Waals surface area contributed by atoms with Crippen molar-refractivity contribution in [1.29, 1.82) is 0 Å². The number of allylic oxidation sites excluding steroid dienone is 4. The Morgan fingerprint density at radius 2 is 1.03 bits per heavy atom. The van der Waals surface area contributed by atoms with E-state index in [9.17, 15) is 45.6 Å². The maximum atomic E-state index is 13.2. The van der Waals surface area contributed by atoms with Gasteiger partial charge in [0.1, 0.15) is 48.8 Å². The smallest absolute Gasteiger partial charge is 0.220 e.